The topological polar surface area (TPSA) is 71.5 Å². The van der Waals surface area contributed by atoms with Crippen molar-refractivity contribution in [2.45, 2.75) is 22.8 Å². The quantitative estimate of drug-likeness (QED) is 0.735. The standard InChI is InChI=1S/C16H17Cl2NO4S2/c1-11(12-7-9-13(10-8-12)24(3,20)21)19(2)25(22,23)16-14(17)5-4-6-15(16)18/h4-11H,1-3H3/t11-/m0/s1. The first-order chi connectivity index (χ1) is 11.5. The fourth-order valence-electron chi connectivity index (χ4n) is 2.28. The number of hydrogen-bond donors (Lipinski definition) is 0. The van der Waals surface area contributed by atoms with E-state index in [-0.39, 0.29) is 19.8 Å². The van der Waals surface area contributed by atoms with Crippen LogP contribution in [0.25, 0.3) is 0 Å². The Kier molecular flexibility index (Phi) is 5.85. The van der Waals surface area contributed by atoms with Crippen molar-refractivity contribution >= 4 is 43.1 Å². The van der Waals surface area contributed by atoms with Crippen molar-refractivity contribution in [1.29, 1.82) is 0 Å². The van der Waals surface area contributed by atoms with Crippen molar-refractivity contribution in [3.8, 4) is 0 Å². The minimum absolute atomic E-state index is 0.0407. The number of nitrogens with zero attached hydrogens (tertiary/aromatic N) is 1. The van der Waals surface area contributed by atoms with Crippen molar-refractivity contribution in [1.82, 2.24) is 4.31 Å². The van der Waals surface area contributed by atoms with E-state index in [4.69, 9.17) is 23.2 Å². The maximum Gasteiger partial charge on any atom is 0.246 e. The number of halogens is 2. The van der Waals surface area contributed by atoms with Gasteiger partial charge in [0.25, 0.3) is 0 Å². The normalized spacial score (nSPS) is 13.8. The van der Waals surface area contributed by atoms with E-state index >= 15 is 0 Å². The van der Waals surface area contributed by atoms with Crippen LogP contribution in [0.4, 0.5) is 0 Å². The monoisotopic (exact) mass is 421 g/mol. The minimum atomic E-state index is -3.94. The Labute approximate surface area is 158 Å². The molecule has 0 unspecified atom stereocenters. The van der Waals surface area contributed by atoms with Gasteiger partial charge in [-0.25, -0.2) is 16.8 Å². The highest BCUT2D eigenvalue weighted by atomic mass is 35.5. The number of hydrogen-bond acceptors (Lipinski definition) is 4. The summed E-state index contributed by atoms with van der Waals surface area (Å²) < 4.78 is 50.0. The lowest BCUT2D eigenvalue weighted by atomic mass is 10.1. The second kappa shape index (κ2) is 7.25. The number of benzene rings is 2. The summed E-state index contributed by atoms with van der Waals surface area (Å²) in [6, 6.07) is 10.00. The average Bonchev–Trinajstić information content (AvgIpc) is 2.52. The van der Waals surface area contributed by atoms with Crippen LogP contribution in [0.2, 0.25) is 10.0 Å². The molecule has 0 aliphatic rings. The fraction of sp³-hybridized carbons (Fsp3) is 0.250. The number of sulfone groups is 1. The van der Waals surface area contributed by atoms with E-state index in [0.29, 0.717) is 5.56 Å². The summed E-state index contributed by atoms with van der Waals surface area (Å²) in [5.41, 5.74) is 0.640. The maximum atomic E-state index is 12.9. The molecule has 9 heteroatoms. The van der Waals surface area contributed by atoms with E-state index in [9.17, 15) is 16.8 Å². The molecule has 1 atom stereocenters. The molecular weight excluding hydrogens is 405 g/mol. The molecule has 0 aliphatic carbocycles. The summed E-state index contributed by atoms with van der Waals surface area (Å²) in [6.45, 7) is 1.69. The molecular formula is C16H17Cl2NO4S2. The predicted octanol–water partition coefficient (Wildman–Crippen LogP) is 3.78. The first-order valence-corrected chi connectivity index (χ1v) is 11.3. The zero-order valence-corrected chi connectivity index (χ0v) is 16.9. The lowest BCUT2D eigenvalue weighted by Crippen LogP contribution is -2.30. The molecule has 0 bridgehead atoms. The van der Waals surface area contributed by atoms with Crippen molar-refractivity contribution in [2.75, 3.05) is 13.3 Å². The van der Waals surface area contributed by atoms with Gasteiger partial charge in [-0.15, -0.1) is 0 Å². The predicted molar refractivity (Wildman–Crippen MR) is 99.4 cm³/mol. The molecule has 2 rings (SSSR count). The smallest absolute Gasteiger partial charge is 0.224 e. The van der Waals surface area contributed by atoms with Gasteiger partial charge in [0.05, 0.1) is 14.9 Å². The largest absolute Gasteiger partial charge is 0.246 e. The molecule has 0 saturated heterocycles. The molecule has 2 aromatic carbocycles. The van der Waals surface area contributed by atoms with Crippen LogP contribution >= 0.6 is 23.2 Å². The van der Waals surface area contributed by atoms with Crippen LogP contribution in [0.5, 0.6) is 0 Å². The van der Waals surface area contributed by atoms with Crippen molar-refractivity contribution in [3.05, 3.63) is 58.1 Å². The summed E-state index contributed by atoms with van der Waals surface area (Å²) >= 11 is 12.0. The van der Waals surface area contributed by atoms with E-state index in [0.717, 1.165) is 10.6 Å². The molecule has 5 nitrogen and oxygen atoms in total. The third-order valence-electron chi connectivity index (χ3n) is 3.89. The fourth-order valence-corrected chi connectivity index (χ4v) is 5.35. The molecule has 0 heterocycles. The minimum Gasteiger partial charge on any atom is -0.224 e. The molecule has 2 aromatic rings. The van der Waals surface area contributed by atoms with Gasteiger partial charge in [-0.2, -0.15) is 4.31 Å². The molecule has 136 valence electrons. The molecule has 0 fully saturated rings. The lowest BCUT2D eigenvalue weighted by Gasteiger charge is -2.25. The van der Waals surface area contributed by atoms with Crippen LogP contribution in [0.1, 0.15) is 18.5 Å². The van der Waals surface area contributed by atoms with Gasteiger partial charge >= 0.3 is 0 Å². The second-order valence-corrected chi connectivity index (χ2v) is 10.4. The summed E-state index contributed by atoms with van der Waals surface area (Å²) in [4.78, 5) is 0.0172. The zero-order valence-electron chi connectivity index (χ0n) is 13.8. The first kappa shape index (κ1) is 20.2. The van der Waals surface area contributed by atoms with Crippen LogP contribution in [0, 0.1) is 0 Å². The van der Waals surface area contributed by atoms with Crippen LogP contribution in [-0.4, -0.2) is 34.4 Å². The van der Waals surface area contributed by atoms with E-state index in [1.165, 1.54) is 31.3 Å². The highest BCUT2D eigenvalue weighted by Gasteiger charge is 2.30. The van der Waals surface area contributed by atoms with Crippen molar-refractivity contribution in [2.24, 2.45) is 0 Å². The van der Waals surface area contributed by atoms with Crippen molar-refractivity contribution in [3.63, 3.8) is 0 Å². The Hall–Kier alpha value is -1.12. The van der Waals surface area contributed by atoms with Gasteiger partial charge in [0, 0.05) is 19.3 Å². The third-order valence-corrected chi connectivity index (χ3v) is 7.90. The lowest BCUT2D eigenvalue weighted by molar-refractivity contribution is 0.398. The first-order valence-electron chi connectivity index (χ1n) is 7.18. The SMILES string of the molecule is C[C@@H](c1ccc(S(C)(=O)=O)cc1)N(C)S(=O)(=O)c1c(Cl)cccc1Cl. The Balaban J connectivity index is 2.41. The second-order valence-electron chi connectivity index (χ2n) is 5.59. The van der Waals surface area contributed by atoms with Gasteiger partial charge in [-0.1, -0.05) is 41.4 Å². The van der Waals surface area contributed by atoms with E-state index < -0.39 is 25.9 Å². The van der Waals surface area contributed by atoms with Gasteiger partial charge in [0.2, 0.25) is 10.0 Å². The number of sulfonamides is 1. The van der Waals surface area contributed by atoms with Crippen LogP contribution in [0.3, 0.4) is 0 Å². The van der Waals surface area contributed by atoms with E-state index in [1.54, 1.807) is 25.1 Å². The Bertz CT molecular complexity index is 967. The van der Waals surface area contributed by atoms with Gasteiger partial charge in [0.15, 0.2) is 9.84 Å². The van der Waals surface area contributed by atoms with E-state index in [2.05, 4.69) is 0 Å². The maximum absolute atomic E-state index is 12.9. The Morgan fingerprint density at radius 2 is 1.40 bits per heavy atom. The third kappa shape index (κ3) is 4.17. The Morgan fingerprint density at radius 3 is 1.84 bits per heavy atom. The molecule has 0 amide bonds. The Morgan fingerprint density at radius 1 is 0.920 bits per heavy atom. The van der Waals surface area contributed by atoms with Crippen LogP contribution < -0.4 is 0 Å². The molecule has 25 heavy (non-hydrogen) atoms. The summed E-state index contributed by atoms with van der Waals surface area (Å²) in [6.07, 6.45) is 1.11. The molecule has 0 aromatic heterocycles. The number of rotatable bonds is 5. The summed E-state index contributed by atoms with van der Waals surface area (Å²) in [5, 5.41) is 0.0814. The highest BCUT2D eigenvalue weighted by Crippen LogP contribution is 2.34. The van der Waals surface area contributed by atoms with Gasteiger partial charge < -0.3 is 0 Å². The average molecular weight is 422 g/mol. The molecule has 0 N–H and O–H groups in total. The van der Waals surface area contributed by atoms with Gasteiger partial charge in [-0.3, -0.25) is 0 Å². The molecule has 0 radical (unpaired) electrons. The van der Waals surface area contributed by atoms with Crippen LogP contribution in [0.15, 0.2) is 52.3 Å². The van der Waals surface area contributed by atoms with Crippen molar-refractivity contribution < 1.29 is 16.8 Å². The van der Waals surface area contributed by atoms with E-state index in [1.807, 2.05) is 0 Å². The van der Waals surface area contributed by atoms with Gasteiger partial charge in [-0.05, 0) is 36.8 Å². The molecule has 0 spiro atoms. The van der Waals surface area contributed by atoms with Crippen LogP contribution in [-0.2, 0) is 19.9 Å². The highest BCUT2D eigenvalue weighted by molar-refractivity contribution is 7.90. The summed E-state index contributed by atoms with van der Waals surface area (Å²) in [5.74, 6) is 0. The molecule has 0 aliphatic heterocycles. The zero-order chi connectivity index (χ0) is 19.0. The molecule has 0 saturated carbocycles. The summed E-state index contributed by atoms with van der Waals surface area (Å²) in [7, 11) is -5.83. The van der Waals surface area contributed by atoms with Gasteiger partial charge in [0.1, 0.15) is 4.90 Å².